The number of nitrogens with two attached hydrogens (primary N) is 1. The Labute approximate surface area is 116 Å². The number of aromatic nitrogens is 2. The molecule has 2 heterocycles. The highest BCUT2D eigenvalue weighted by atomic mass is 16.5. The summed E-state index contributed by atoms with van der Waals surface area (Å²) in [5.41, 5.74) is 10.7. The number of nitrogen functional groups attached to an aromatic ring is 1. The number of nitrogens with zero attached hydrogens (tertiary/aromatic N) is 2. The van der Waals surface area contributed by atoms with Gasteiger partial charge in [0.05, 0.1) is 12.6 Å². The van der Waals surface area contributed by atoms with E-state index in [1.54, 1.807) is 13.2 Å². The number of fused-ring (bicyclic) bond motifs is 1. The molecule has 5 nitrogen and oxygen atoms in total. The van der Waals surface area contributed by atoms with E-state index >= 15 is 0 Å². The molecule has 0 bridgehead atoms. The first kappa shape index (κ1) is 12.6. The molecule has 0 aliphatic rings. The van der Waals surface area contributed by atoms with Crippen LogP contribution in [0.15, 0.2) is 22.7 Å². The van der Waals surface area contributed by atoms with E-state index in [1.165, 1.54) is 0 Å². The lowest BCUT2D eigenvalue weighted by atomic mass is 10.1. The number of aryl methyl sites for hydroxylation is 2. The van der Waals surface area contributed by atoms with Crippen LogP contribution in [0.1, 0.15) is 11.3 Å². The highest BCUT2D eigenvalue weighted by Crippen LogP contribution is 2.38. The summed E-state index contributed by atoms with van der Waals surface area (Å²) in [4.78, 5) is 0. The summed E-state index contributed by atoms with van der Waals surface area (Å²) in [5.74, 6) is 1.17. The first-order chi connectivity index (χ1) is 9.52. The highest BCUT2D eigenvalue weighted by Gasteiger charge is 2.19. The molecule has 0 aliphatic heterocycles. The van der Waals surface area contributed by atoms with Gasteiger partial charge in [-0.05, 0) is 31.5 Å². The summed E-state index contributed by atoms with van der Waals surface area (Å²) in [6, 6.07) is 5.91. The number of ether oxygens (including phenoxy) is 1. The second kappa shape index (κ2) is 4.30. The van der Waals surface area contributed by atoms with E-state index in [2.05, 4.69) is 22.7 Å². The topological polar surface area (TPSA) is 66.2 Å². The van der Waals surface area contributed by atoms with Gasteiger partial charge in [0, 0.05) is 29.8 Å². The van der Waals surface area contributed by atoms with Crippen LogP contribution in [0.25, 0.3) is 22.2 Å². The van der Waals surface area contributed by atoms with Gasteiger partial charge < -0.3 is 19.6 Å². The third kappa shape index (κ3) is 1.66. The molecule has 0 aliphatic carbocycles. The smallest absolute Gasteiger partial charge is 0.222 e. The van der Waals surface area contributed by atoms with Crippen molar-refractivity contribution in [1.82, 2.24) is 9.72 Å². The molecule has 0 atom stereocenters. The summed E-state index contributed by atoms with van der Waals surface area (Å²) in [6.45, 7) is 4.10. The molecular formula is C15H17N3O2. The Bertz CT molecular complexity index is 799. The molecule has 2 N–H and O–H groups in total. The van der Waals surface area contributed by atoms with Crippen molar-refractivity contribution >= 4 is 16.8 Å². The van der Waals surface area contributed by atoms with Crippen LogP contribution >= 0.6 is 0 Å². The van der Waals surface area contributed by atoms with Gasteiger partial charge in [-0.3, -0.25) is 0 Å². The molecule has 0 spiro atoms. The zero-order valence-electron chi connectivity index (χ0n) is 12.0. The van der Waals surface area contributed by atoms with Gasteiger partial charge in [-0.15, -0.1) is 0 Å². The van der Waals surface area contributed by atoms with Gasteiger partial charge >= 0.3 is 0 Å². The van der Waals surface area contributed by atoms with Crippen molar-refractivity contribution in [1.29, 1.82) is 0 Å². The number of hydrogen-bond acceptors (Lipinski definition) is 4. The third-order valence-corrected chi connectivity index (χ3v) is 3.69. The Morgan fingerprint density at radius 1 is 1.25 bits per heavy atom. The van der Waals surface area contributed by atoms with Gasteiger partial charge in [-0.1, -0.05) is 5.16 Å². The third-order valence-electron chi connectivity index (χ3n) is 3.69. The average Bonchev–Trinajstić information content (AvgIpc) is 2.92. The quantitative estimate of drug-likeness (QED) is 0.778. The van der Waals surface area contributed by atoms with Gasteiger partial charge in [0.2, 0.25) is 5.88 Å². The minimum atomic E-state index is 0.316. The summed E-state index contributed by atoms with van der Waals surface area (Å²) in [7, 11) is 3.70. The van der Waals surface area contributed by atoms with Crippen molar-refractivity contribution in [3.05, 3.63) is 29.5 Å². The van der Waals surface area contributed by atoms with E-state index in [1.807, 2.05) is 20.0 Å². The van der Waals surface area contributed by atoms with Gasteiger partial charge in [0.25, 0.3) is 0 Å². The zero-order valence-corrected chi connectivity index (χ0v) is 12.0. The molecule has 0 radical (unpaired) electrons. The van der Waals surface area contributed by atoms with Crippen molar-refractivity contribution in [2.24, 2.45) is 7.05 Å². The van der Waals surface area contributed by atoms with Crippen LogP contribution in [0, 0.1) is 13.8 Å². The molecular weight excluding hydrogens is 254 g/mol. The Morgan fingerprint density at radius 3 is 2.60 bits per heavy atom. The van der Waals surface area contributed by atoms with Crippen LogP contribution in [-0.2, 0) is 7.05 Å². The molecule has 0 saturated carbocycles. The van der Waals surface area contributed by atoms with Crippen LogP contribution < -0.4 is 10.5 Å². The summed E-state index contributed by atoms with van der Waals surface area (Å²) in [6.07, 6.45) is 0. The maximum Gasteiger partial charge on any atom is 0.222 e. The van der Waals surface area contributed by atoms with Crippen LogP contribution in [0.2, 0.25) is 0 Å². The SMILES string of the molecule is COc1cc(C)cc2c(-c3cc(N)on3)c(C)n(C)c12. The van der Waals surface area contributed by atoms with Gasteiger partial charge in [-0.25, -0.2) is 0 Å². The number of benzene rings is 1. The molecule has 0 amide bonds. The fourth-order valence-electron chi connectivity index (χ4n) is 2.70. The minimum absolute atomic E-state index is 0.316. The summed E-state index contributed by atoms with van der Waals surface area (Å²) in [5, 5.41) is 5.13. The molecule has 0 fully saturated rings. The summed E-state index contributed by atoms with van der Waals surface area (Å²) >= 11 is 0. The second-order valence-electron chi connectivity index (χ2n) is 5.00. The fraction of sp³-hybridized carbons (Fsp3) is 0.267. The molecule has 0 unspecified atom stereocenters. The Balaban J connectivity index is 2.43. The number of hydrogen-bond donors (Lipinski definition) is 1. The van der Waals surface area contributed by atoms with Crippen molar-refractivity contribution in [3.8, 4) is 17.0 Å². The lowest BCUT2D eigenvalue weighted by Crippen LogP contribution is -1.94. The van der Waals surface area contributed by atoms with E-state index < -0.39 is 0 Å². The van der Waals surface area contributed by atoms with Crippen LogP contribution in [0.4, 0.5) is 5.88 Å². The van der Waals surface area contributed by atoms with Crippen molar-refractivity contribution in [2.75, 3.05) is 12.8 Å². The van der Waals surface area contributed by atoms with E-state index in [0.717, 1.165) is 39.2 Å². The molecule has 3 aromatic rings. The molecule has 20 heavy (non-hydrogen) atoms. The van der Waals surface area contributed by atoms with Gasteiger partial charge in [-0.2, -0.15) is 0 Å². The fourth-order valence-corrected chi connectivity index (χ4v) is 2.70. The average molecular weight is 271 g/mol. The maximum atomic E-state index is 5.64. The molecule has 5 heteroatoms. The van der Waals surface area contributed by atoms with Crippen molar-refractivity contribution in [2.45, 2.75) is 13.8 Å². The second-order valence-corrected chi connectivity index (χ2v) is 5.00. The molecule has 1 aromatic carbocycles. The maximum absolute atomic E-state index is 5.64. The minimum Gasteiger partial charge on any atom is -0.495 e. The Morgan fingerprint density at radius 2 is 2.00 bits per heavy atom. The normalized spacial score (nSPS) is 11.2. The van der Waals surface area contributed by atoms with E-state index in [-0.39, 0.29) is 0 Å². The standard InChI is InChI=1S/C15H17N3O2/c1-8-5-10-14(11-7-13(16)20-17-11)9(2)18(3)15(10)12(6-8)19-4/h5-7H,16H2,1-4H3. The Hall–Kier alpha value is -2.43. The largest absolute Gasteiger partial charge is 0.495 e. The van der Waals surface area contributed by atoms with Crippen molar-refractivity contribution in [3.63, 3.8) is 0 Å². The monoisotopic (exact) mass is 271 g/mol. The van der Waals surface area contributed by atoms with Crippen LogP contribution in [-0.4, -0.2) is 16.8 Å². The van der Waals surface area contributed by atoms with E-state index in [4.69, 9.17) is 15.0 Å². The molecule has 2 aromatic heterocycles. The summed E-state index contributed by atoms with van der Waals surface area (Å²) < 4.78 is 12.6. The first-order valence-corrected chi connectivity index (χ1v) is 6.39. The number of methoxy groups -OCH3 is 1. The molecule has 104 valence electrons. The Kier molecular flexibility index (Phi) is 2.71. The number of anilines is 1. The number of rotatable bonds is 2. The van der Waals surface area contributed by atoms with Gasteiger partial charge in [0.1, 0.15) is 11.4 Å². The van der Waals surface area contributed by atoms with Gasteiger partial charge in [0.15, 0.2) is 0 Å². The van der Waals surface area contributed by atoms with Crippen LogP contribution in [0.3, 0.4) is 0 Å². The predicted octanol–water partition coefficient (Wildman–Crippen LogP) is 3.04. The molecule has 3 rings (SSSR count). The lowest BCUT2D eigenvalue weighted by molar-refractivity contribution is 0.417. The zero-order chi connectivity index (χ0) is 14.4. The molecule has 0 saturated heterocycles. The predicted molar refractivity (Wildman–Crippen MR) is 78.9 cm³/mol. The lowest BCUT2D eigenvalue weighted by Gasteiger charge is -2.06. The van der Waals surface area contributed by atoms with E-state index in [0.29, 0.717) is 5.88 Å². The van der Waals surface area contributed by atoms with E-state index in [9.17, 15) is 0 Å². The van der Waals surface area contributed by atoms with Crippen LogP contribution in [0.5, 0.6) is 5.75 Å². The first-order valence-electron chi connectivity index (χ1n) is 6.39. The van der Waals surface area contributed by atoms with Crippen molar-refractivity contribution < 1.29 is 9.26 Å². The highest BCUT2D eigenvalue weighted by molar-refractivity contribution is 6.00.